The molecule has 50 heavy (non-hydrogen) atoms. The molecule has 2 atom stereocenters. The van der Waals surface area contributed by atoms with Gasteiger partial charge in [-0.05, 0) is 96.7 Å². The van der Waals surface area contributed by atoms with E-state index >= 15 is 13.2 Å². The molecule has 13 heteroatoms. The molecule has 1 aliphatic rings. The molecule has 0 aliphatic carbocycles. The van der Waals surface area contributed by atoms with Gasteiger partial charge in [-0.25, -0.2) is 0 Å². The Morgan fingerprint density at radius 1 is 1.10 bits per heavy atom. The van der Waals surface area contributed by atoms with Crippen molar-refractivity contribution in [3.05, 3.63) is 104 Å². The molecule has 3 aromatic rings. The Morgan fingerprint density at radius 3 is 2.40 bits per heavy atom. The summed E-state index contributed by atoms with van der Waals surface area (Å²) in [6, 6.07) is 15.8. The zero-order valence-electron chi connectivity index (χ0n) is 28.2. The number of β-amino-alcohol motifs (C(OH)–C–C–N with tert-alkyl or cyclic N) is 1. The quantitative estimate of drug-likeness (QED) is 0.120. The van der Waals surface area contributed by atoms with Crippen LogP contribution in [0.1, 0.15) is 54.9 Å². The second-order valence-corrected chi connectivity index (χ2v) is 13.2. The van der Waals surface area contributed by atoms with Gasteiger partial charge < -0.3 is 19.7 Å². The number of nitrogens with zero attached hydrogens (tertiary/aromatic N) is 2. The topological polar surface area (TPSA) is 122 Å². The van der Waals surface area contributed by atoms with Crippen molar-refractivity contribution in [2.45, 2.75) is 70.3 Å². The highest BCUT2D eigenvalue weighted by Gasteiger charge is 2.57. The van der Waals surface area contributed by atoms with E-state index in [1.807, 2.05) is 25.1 Å². The molecule has 2 N–H and O–H groups in total. The second-order valence-electron chi connectivity index (χ2n) is 12.7. The fourth-order valence-electron chi connectivity index (χ4n) is 6.35. The highest BCUT2D eigenvalue weighted by atomic mass is 35.5. The first-order valence-corrected chi connectivity index (χ1v) is 16.8. The van der Waals surface area contributed by atoms with Crippen LogP contribution >= 0.6 is 11.6 Å². The van der Waals surface area contributed by atoms with E-state index in [4.69, 9.17) is 26.2 Å². The van der Waals surface area contributed by atoms with Gasteiger partial charge in [0.25, 0.3) is 5.69 Å². The lowest BCUT2D eigenvalue weighted by Gasteiger charge is -2.40. The minimum atomic E-state index is -5.08. The van der Waals surface area contributed by atoms with Gasteiger partial charge in [0.2, 0.25) is 0 Å². The number of aliphatic carboxylic acids is 1. The molecule has 0 bridgehead atoms. The molecular formula is C37H42ClF3N2O7. The molecular weight excluding hydrogens is 677 g/mol. The molecule has 270 valence electrons. The molecule has 0 spiro atoms. The third-order valence-electron chi connectivity index (χ3n) is 9.14. The van der Waals surface area contributed by atoms with Gasteiger partial charge in [0.1, 0.15) is 6.10 Å². The number of carbonyl (C=O) groups is 1. The van der Waals surface area contributed by atoms with Crippen molar-refractivity contribution >= 4 is 28.8 Å². The van der Waals surface area contributed by atoms with Crippen molar-refractivity contribution in [3.63, 3.8) is 0 Å². The summed E-state index contributed by atoms with van der Waals surface area (Å²) in [5.41, 5.74) is -2.09. The predicted molar refractivity (Wildman–Crippen MR) is 185 cm³/mol. The van der Waals surface area contributed by atoms with Gasteiger partial charge in [-0.1, -0.05) is 49.2 Å². The van der Waals surface area contributed by atoms with Gasteiger partial charge in [-0.3, -0.25) is 19.8 Å². The molecule has 0 amide bonds. The number of non-ortho nitro benzene ring substituents is 1. The van der Waals surface area contributed by atoms with Gasteiger partial charge in [-0.15, -0.1) is 0 Å². The van der Waals surface area contributed by atoms with E-state index in [1.54, 1.807) is 29.2 Å². The summed E-state index contributed by atoms with van der Waals surface area (Å²) in [5.74, 6) is -0.306. The van der Waals surface area contributed by atoms with Crippen LogP contribution in [0, 0.1) is 23.0 Å². The Labute approximate surface area is 294 Å². The number of aryl methyl sites for hydroxylation is 1. The van der Waals surface area contributed by atoms with E-state index in [9.17, 15) is 20.0 Å². The van der Waals surface area contributed by atoms with Crippen LogP contribution in [0.15, 0.2) is 66.7 Å². The summed E-state index contributed by atoms with van der Waals surface area (Å²) in [5, 5.41) is 32.9. The van der Waals surface area contributed by atoms with E-state index in [0.29, 0.717) is 47.8 Å². The zero-order valence-corrected chi connectivity index (χ0v) is 29.0. The van der Waals surface area contributed by atoms with Crippen molar-refractivity contribution in [3.8, 4) is 11.5 Å². The number of nitro groups is 1. The van der Waals surface area contributed by atoms with Crippen LogP contribution in [-0.4, -0.2) is 70.6 Å². The highest BCUT2D eigenvalue weighted by Crippen LogP contribution is 2.44. The van der Waals surface area contributed by atoms with Gasteiger partial charge >= 0.3 is 12.1 Å². The standard InChI is InChI=1S/C37H42ClF3N2O7/c1-4-25(19-26-6-5-7-28(38)20-26)8-12-32(31-11-10-29(43(47)48)18-24(31)2)36(46,37(39,40)41)23-42-16-14-30(15-17-42)50-33-13-9-27(22-35(44)45)21-34(33)49-3/h5-7,9-13,18,20-21,25,30,46H,4,8,14-17,19,22-23H2,1-3H3,(H,44,45)/b32-12+. The van der Waals surface area contributed by atoms with Crippen molar-refractivity contribution in [2.24, 2.45) is 5.92 Å². The van der Waals surface area contributed by atoms with Crippen molar-refractivity contribution in [1.29, 1.82) is 0 Å². The van der Waals surface area contributed by atoms with E-state index in [1.165, 1.54) is 32.2 Å². The number of hydrogen-bond acceptors (Lipinski definition) is 7. The molecule has 9 nitrogen and oxygen atoms in total. The van der Waals surface area contributed by atoms with Gasteiger partial charge in [0, 0.05) is 36.8 Å². The average Bonchev–Trinajstić information content (AvgIpc) is 3.05. The van der Waals surface area contributed by atoms with Gasteiger partial charge in [0.05, 0.1) is 18.5 Å². The van der Waals surface area contributed by atoms with Crippen molar-refractivity contribution in [2.75, 3.05) is 26.7 Å². The van der Waals surface area contributed by atoms with E-state index in [0.717, 1.165) is 11.6 Å². The van der Waals surface area contributed by atoms with Crippen LogP contribution in [0.4, 0.5) is 18.9 Å². The number of benzene rings is 3. The number of likely N-dealkylation sites (tertiary alicyclic amines) is 1. The summed E-state index contributed by atoms with van der Waals surface area (Å²) >= 11 is 6.16. The second kappa shape index (κ2) is 16.7. The lowest BCUT2D eigenvalue weighted by atomic mass is 9.82. The molecule has 3 aromatic carbocycles. The smallest absolute Gasteiger partial charge is 0.422 e. The van der Waals surface area contributed by atoms with Gasteiger partial charge in [0.15, 0.2) is 17.1 Å². The van der Waals surface area contributed by atoms with Crippen LogP contribution in [-0.2, 0) is 17.6 Å². The Balaban J connectivity index is 1.59. The molecule has 1 aliphatic heterocycles. The van der Waals surface area contributed by atoms with Gasteiger partial charge in [-0.2, -0.15) is 13.2 Å². The summed E-state index contributed by atoms with van der Waals surface area (Å²) in [6.45, 7) is 3.09. The zero-order chi connectivity index (χ0) is 36.6. The molecule has 4 rings (SSSR count). The van der Waals surface area contributed by atoms with E-state index < -0.39 is 29.2 Å². The maximum atomic E-state index is 15.2. The number of ether oxygens (including phenoxy) is 2. The first kappa shape index (κ1) is 38.7. The third kappa shape index (κ3) is 9.76. The fourth-order valence-corrected chi connectivity index (χ4v) is 6.56. The summed E-state index contributed by atoms with van der Waals surface area (Å²) in [6.07, 6.45) is -2.03. The predicted octanol–water partition coefficient (Wildman–Crippen LogP) is 8.07. The lowest BCUT2D eigenvalue weighted by molar-refractivity contribution is -0.384. The largest absolute Gasteiger partial charge is 0.493 e. The molecule has 0 aromatic heterocycles. The van der Waals surface area contributed by atoms with Crippen LogP contribution in [0.25, 0.3) is 5.57 Å². The Hall–Kier alpha value is -4.13. The lowest BCUT2D eigenvalue weighted by Crippen LogP contribution is -2.56. The third-order valence-corrected chi connectivity index (χ3v) is 9.37. The summed E-state index contributed by atoms with van der Waals surface area (Å²) in [4.78, 5) is 23.5. The number of carboxylic acid groups (broad SMARTS) is 1. The number of carboxylic acids is 1. The maximum Gasteiger partial charge on any atom is 0.422 e. The molecule has 0 radical (unpaired) electrons. The number of nitro benzene ring substituents is 1. The number of aliphatic hydroxyl groups is 1. The average molecular weight is 719 g/mol. The normalized spacial score (nSPS) is 16.4. The SMILES string of the molecule is CCC(C/C=C(\c1ccc([N+](=O)[O-])cc1C)C(O)(CN1CCC(Oc2ccc(CC(=O)O)cc2OC)CC1)C(F)(F)F)Cc1cccc(Cl)c1. The molecule has 0 saturated carbocycles. The van der Waals surface area contributed by atoms with Crippen molar-refractivity contribution in [1.82, 2.24) is 4.90 Å². The molecule has 1 heterocycles. The van der Waals surface area contributed by atoms with E-state index in [-0.39, 0.29) is 60.3 Å². The molecule has 2 unspecified atom stereocenters. The fraction of sp³-hybridized carbons (Fsp3) is 0.432. The molecule has 1 fully saturated rings. The minimum absolute atomic E-state index is 0.0672. The number of piperidine rings is 1. The molecule has 1 saturated heterocycles. The Bertz CT molecular complexity index is 1690. The van der Waals surface area contributed by atoms with E-state index in [2.05, 4.69) is 0 Å². The van der Waals surface area contributed by atoms with Crippen LogP contribution in [0.5, 0.6) is 11.5 Å². The number of rotatable bonds is 15. The number of allylic oxidation sites excluding steroid dienone is 1. The van der Waals surface area contributed by atoms with Crippen LogP contribution < -0.4 is 9.47 Å². The van der Waals surface area contributed by atoms with Crippen molar-refractivity contribution < 1.29 is 42.6 Å². The Morgan fingerprint density at radius 2 is 1.82 bits per heavy atom. The van der Waals surface area contributed by atoms with Crippen LogP contribution in [0.3, 0.4) is 0 Å². The number of halogens is 4. The highest BCUT2D eigenvalue weighted by molar-refractivity contribution is 6.30. The maximum absolute atomic E-state index is 15.2. The Kier molecular flexibility index (Phi) is 12.9. The number of methoxy groups -OCH3 is 1. The minimum Gasteiger partial charge on any atom is -0.493 e. The number of alkyl halides is 3. The summed E-state index contributed by atoms with van der Waals surface area (Å²) in [7, 11) is 1.44. The monoisotopic (exact) mass is 718 g/mol. The first-order valence-electron chi connectivity index (χ1n) is 16.4. The first-order chi connectivity index (χ1) is 23.6. The summed E-state index contributed by atoms with van der Waals surface area (Å²) < 4.78 is 57.0. The van der Waals surface area contributed by atoms with Crippen LogP contribution in [0.2, 0.25) is 5.02 Å². The number of hydrogen-bond donors (Lipinski definition) is 2.